The zero-order valence-corrected chi connectivity index (χ0v) is 15.5. The van der Waals surface area contributed by atoms with Crippen molar-refractivity contribution in [1.82, 2.24) is 20.1 Å². The third-order valence-electron chi connectivity index (χ3n) is 3.26. The summed E-state index contributed by atoms with van der Waals surface area (Å²) in [6, 6.07) is 4.29. The van der Waals surface area contributed by atoms with E-state index in [1.165, 1.54) is 17.7 Å². The fraction of sp³-hybridized carbons (Fsp3) is 0.143. The maximum Gasteiger partial charge on any atom is 0.286 e. The number of hydrogen-bond acceptors (Lipinski definition) is 4. The van der Waals surface area contributed by atoms with Gasteiger partial charge in [0.05, 0.1) is 10.5 Å². The van der Waals surface area contributed by atoms with Crippen LogP contribution >= 0.6 is 15.9 Å². The van der Waals surface area contributed by atoms with Crippen LogP contribution in [0.2, 0.25) is 0 Å². The van der Waals surface area contributed by atoms with E-state index in [-0.39, 0.29) is 10.6 Å². The average molecular weight is 433 g/mol. The summed E-state index contributed by atoms with van der Waals surface area (Å²) in [6.07, 6.45) is 1.64. The Morgan fingerprint density at radius 1 is 1.16 bits per heavy atom. The Morgan fingerprint density at radius 2 is 1.80 bits per heavy atom. The summed E-state index contributed by atoms with van der Waals surface area (Å²) in [5.74, 6) is -2.54. The van der Waals surface area contributed by atoms with Gasteiger partial charge in [-0.2, -0.15) is 0 Å². The zero-order chi connectivity index (χ0) is 18.8. The van der Waals surface area contributed by atoms with Crippen LogP contribution in [-0.4, -0.2) is 31.8 Å². The molecule has 0 aliphatic heterocycles. The number of aromatic nitrogens is 1. The van der Waals surface area contributed by atoms with Gasteiger partial charge in [-0.15, -0.1) is 0 Å². The van der Waals surface area contributed by atoms with Gasteiger partial charge in [-0.25, -0.2) is 17.5 Å². The summed E-state index contributed by atoms with van der Waals surface area (Å²) >= 11 is 3.21. The Labute approximate surface area is 151 Å². The molecule has 3 N–H and O–H groups in total. The van der Waals surface area contributed by atoms with E-state index in [2.05, 4.69) is 26.1 Å². The monoisotopic (exact) mass is 432 g/mol. The van der Waals surface area contributed by atoms with Crippen molar-refractivity contribution in [3.8, 4) is 0 Å². The molecule has 2 aromatic rings. The van der Waals surface area contributed by atoms with Crippen molar-refractivity contribution in [2.75, 3.05) is 7.05 Å². The van der Waals surface area contributed by atoms with Crippen molar-refractivity contribution in [2.45, 2.75) is 4.90 Å². The van der Waals surface area contributed by atoms with Gasteiger partial charge < -0.3 is 4.57 Å². The van der Waals surface area contributed by atoms with Crippen LogP contribution < -0.4 is 15.6 Å². The number of halogens is 2. The lowest BCUT2D eigenvalue weighted by molar-refractivity contribution is 0.0839. The largest absolute Gasteiger partial charge is 0.345 e. The van der Waals surface area contributed by atoms with E-state index in [0.717, 1.165) is 18.2 Å². The van der Waals surface area contributed by atoms with Crippen LogP contribution in [0, 0.1) is 5.82 Å². The molecule has 0 aliphatic rings. The highest BCUT2D eigenvalue weighted by Crippen LogP contribution is 2.15. The van der Waals surface area contributed by atoms with Gasteiger partial charge in [0.25, 0.3) is 11.8 Å². The molecule has 2 rings (SSSR count). The summed E-state index contributed by atoms with van der Waals surface area (Å²) in [7, 11) is -1.02. The van der Waals surface area contributed by atoms with Crippen molar-refractivity contribution in [3.63, 3.8) is 0 Å². The van der Waals surface area contributed by atoms with E-state index >= 15 is 0 Å². The Morgan fingerprint density at radius 3 is 2.36 bits per heavy atom. The van der Waals surface area contributed by atoms with Gasteiger partial charge in [0.1, 0.15) is 11.5 Å². The van der Waals surface area contributed by atoms with Crippen molar-refractivity contribution >= 4 is 37.8 Å². The molecule has 25 heavy (non-hydrogen) atoms. The number of nitrogens with one attached hydrogen (secondary N) is 3. The molecule has 0 unspecified atom stereocenters. The minimum Gasteiger partial charge on any atom is -0.345 e. The molecule has 0 radical (unpaired) electrons. The first-order valence-corrected chi connectivity index (χ1v) is 9.09. The number of hydrazine groups is 1. The molecule has 0 aliphatic carbocycles. The third-order valence-corrected chi connectivity index (χ3v) is 5.10. The van der Waals surface area contributed by atoms with Crippen LogP contribution in [0.4, 0.5) is 4.39 Å². The number of sulfonamides is 1. The smallest absolute Gasteiger partial charge is 0.286 e. The standard InChI is InChI=1S/C14H14BrFN4O4S/c1-17-25(23,24)9-3-4-11(16)10(6-9)13(21)18-19-14(22)12-5-8(15)7-20(12)2/h3-7,17H,1-2H3,(H,18,21)(H,19,22). The highest BCUT2D eigenvalue weighted by Gasteiger charge is 2.19. The second-order valence-corrected chi connectivity index (χ2v) is 7.71. The molecule has 0 fully saturated rings. The zero-order valence-electron chi connectivity index (χ0n) is 13.1. The topological polar surface area (TPSA) is 109 Å². The molecule has 0 spiro atoms. The summed E-state index contributed by atoms with van der Waals surface area (Å²) in [5.41, 5.74) is 3.91. The van der Waals surface area contributed by atoms with Gasteiger partial charge in [0.2, 0.25) is 10.0 Å². The summed E-state index contributed by atoms with van der Waals surface area (Å²) in [5, 5.41) is 0. The quantitative estimate of drug-likeness (QED) is 0.623. The Bertz CT molecular complexity index is 942. The van der Waals surface area contributed by atoms with Crippen molar-refractivity contribution in [2.24, 2.45) is 7.05 Å². The van der Waals surface area contributed by atoms with E-state index < -0.39 is 33.2 Å². The number of benzene rings is 1. The van der Waals surface area contributed by atoms with Crippen LogP contribution in [0.3, 0.4) is 0 Å². The highest BCUT2D eigenvalue weighted by molar-refractivity contribution is 9.10. The number of hydrogen-bond donors (Lipinski definition) is 3. The van der Waals surface area contributed by atoms with Crippen LogP contribution in [0.1, 0.15) is 20.8 Å². The summed E-state index contributed by atoms with van der Waals surface area (Å²) in [4.78, 5) is 23.8. The molecule has 1 aromatic carbocycles. The molecule has 0 saturated heterocycles. The molecule has 2 amide bonds. The van der Waals surface area contributed by atoms with E-state index in [1.54, 1.807) is 13.2 Å². The van der Waals surface area contributed by atoms with Crippen LogP contribution in [0.15, 0.2) is 39.8 Å². The number of rotatable bonds is 4. The van der Waals surface area contributed by atoms with Gasteiger partial charge in [-0.05, 0) is 47.2 Å². The Balaban J connectivity index is 2.17. The number of carbonyl (C=O) groups excluding carboxylic acids is 2. The van der Waals surface area contributed by atoms with Crippen molar-refractivity contribution < 1.29 is 22.4 Å². The van der Waals surface area contributed by atoms with Gasteiger partial charge in [0, 0.05) is 17.7 Å². The molecule has 0 bridgehead atoms. The first-order valence-electron chi connectivity index (χ1n) is 6.81. The van der Waals surface area contributed by atoms with Gasteiger partial charge in [-0.1, -0.05) is 0 Å². The molecular formula is C14H14BrFN4O4S. The maximum atomic E-state index is 13.8. The van der Waals surface area contributed by atoms with E-state index in [0.29, 0.717) is 4.47 Å². The molecule has 8 nitrogen and oxygen atoms in total. The maximum absolute atomic E-state index is 13.8. The van der Waals surface area contributed by atoms with Crippen molar-refractivity contribution in [1.29, 1.82) is 0 Å². The van der Waals surface area contributed by atoms with Crippen LogP contribution in [0.25, 0.3) is 0 Å². The van der Waals surface area contributed by atoms with Crippen LogP contribution in [-0.2, 0) is 17.1 Å². The number of amides is 2. The second-order valence-electron chi connectivity index (χ2n) is 4.91. The molecule has 134 valence electrons. The van der Waals surface area contributed by atoms with Gasteiger partial charge >= 0.3 is 0 Å². The normalized spacial score (nSPS) is 11.2. The van der Waals surface area contributed by atoms with Gasteiger partial charge in [-0.3, -0.25) is 20.4 Å². The average Bonchev–Trinajstić information content (AvgIpc) is 2.91. The van der Waals surface area contributed by atoms with Crippen molar-refractivity contribution in [3.05, 3.63) is 52.0 Å². The molecule has 1 aromatic heterocycles. The Kier molecular flexibility index (Phi) is 5.60. The first-order chi connectivity index (χ1) is 11.7. The predicted octanol–water partition coefficient (Wildman–Crippen LogP) is 0.910. The van der Waals surface area contributed by atoms with Crippen LogP contribution in [0.5, 0.6) is 0 Å². The summed E-state index contributed by atoms with van der Waals surface area (Å²) in [6.45, 7) is 0. The predicted molar refractivity (Wildman–Crippen MR) is 90.7 cm³/mol. The minimum absolute atomic E-state index is 0.249. The summed E-state index contributed by atoms with van der Waals surface area (Å²) < 4.78 is 41.6. The lowest BCUT2D eigenvalue weighted by atomic mass is 10.2. The lowest BCUT2D eigenvalue weighted by Crippen LogP contribution is -2.42. The minimum atomic E-state index is -3.84. The molecule has 0 atom stereocenters. The van der Waals surface area contributed by atoms with E-state index in [9.17, 15) is 22.4 Å². The fourth-order valence-electron chi connectivity index (χ4n) is 1.96. The first kappa shape index (κ1) is 19.1. The second kappa shape index (κ2) is 7.33. The SMILES string of the molecule is CNS(=O)(=O)c1ccc(F)c(C(=O)NNC(=O)c2cc(Br)cn2C)c1. The molecular weight excluding hydrogens is 419 g/mol. The number of aryl methyl sites for hydroxylation is 1. The van der Waals surface area contributed by atoms with E-state index in [4.69, 9.17) is 0 Å². The Hall–Kier alpha value is -2.24. The molecule has 11 heteroatoms. The third kappa shape index (κ3) is 4.24. The van der Waals surface area contributed by atoms with E-state index in [1.807, 2.05) is 5.43 Å². The molecule has 1 heterocycles. The number of nitrogens with zero attached hydrogens (tertiary/aromatic N) is 1. The van der Waals surface area contributed by atoms with Gasteiger partial charge in [0.15, 0.2) is 0 Å². The fourth-order valence-corrected chi connectivity index (χ4v) is 3.24. The number of carbonyl (C=O) groups is 2. The molecule has 0 saturated carbocycles. The lowest BCUT2D eigenvalue weighted by Gasteiger charge is -2.10. The highest BCUT2D eigenvalue weighted by atomic mass is 79.9.